The minimum atomic E-state index is -0.372. The van der Waals surface area contributed by atoms with Crippen LogP contribution >= 0.6 is 0 Å². The SMILES string of the molecule is C/C=C/C=C(\NC(=O)c1ccccc1)C(=O)Nc1cccc(C)c1. The fourth-order valence-corrected chi connectivity index (χ4v) is 2.07. The molecule has 0 fully saturated rings. The fourth-order valence-electron chi connectivity index (χ4n) is 2.07. The molecule has 0 unspecified atom stereocenters. The van der Waals surface area contributed by atoms with Crippen molar-refractivity contribution in [2.75, 3.05) is 5.32 Å². The van der Waals surface area contributed by atoms with Gasteiger partial charge in [-0.15, -0.1) is 0 Å². The van der Waals surface area contributed by atoms with Crippen molar-refractivity contribution in [3.8, 4) is 0 Å². The highest BCUT2D eigenvalue weighted by molar-refractivity contribution is 6.08. The first-order chi connectivity index (χ1) is 11.6. The van der Waals surface area contributed by atoms with E-state index in [2.05, 4.69) is 10.6 Å². The number of hydrogen-bond acceptors (Lipinski definition) is 2. The maximum absolute atomic E-state index is 12.5. The van der Waals surface area contributed by atoms with Crippen LogP contribution in [0.3, 0.4) is 0 Å². The maximum Gasteiger partial charge on any atom is 0.272 e. The predicted molar refractivity (Wildman–Crippen MR) is 96.6 cm³/mol. The topological polar surface area (TPSA) is 58.2 Å². The van der Waals surface area contributed by atoms with Gasteiger partial charge in [-0.05, 0) is 49.8 Å². The summed E-state index contributed by atoms with van der Waals surface area (Å²) >= 11 is 0. The van der Waals surface area contributed by atoms with Crippen LogP contribution in [-0.4, -0.2) is 11.8 Å². The molecule has 0 aliphatic heterocycles. The molecule has 0 saturated carbocycles. The van der Waals surface area contributed by atoms with E-state index in [1.54, 1.807) is 48.6 Å². The number of hydrogen-bond donors (Lipinski definition) is 2. The zero-order valence-electron chi connectivity index (χ0n) is 13.7. The Morgan fingerprint density at radius 2 is 1.75 bits per heavy atom. The molecule has 0 aliphatic carbocycles. The highest BCUT2D eigenvalue weighted by Crippen LogP contribution is 2.11. The van der Waals surface area contributed by atoms with Crippen LogP contribution in [0.25, 0.3) is 0 Å². The van der Waals surface area contributed by atoms with Crippen molar-refractivity contribution < 1.29 is 9.59 Å². The number of nitrogens with one attached hydrogen (secondary N) is 2. The Morgan fingerprint density at radius 1 is 1.00 bits per heavy atom. The molecule has 0 aliphatic rings. The van der Waals surface area contributed by atoms with Crippen LogP contribution in [0.5, 0.6) is 0 Å². The summed E-state index contributed by atoms with van der Waals surface area (Å²) in [6, 6.07) is 16.3. The summed E-state index contributed by atoms with van der Waals surface area (Å²) < 4.78 is 0. The number of carbonyl (C=O) groups is 2. The zero-order valence-corrected chi connectivity index (χ0v) is 13.7. The van der Waals surface area contributed by atoms with E-state index >= 15 is 0 Å². The van der Waals surface area contributed by atoms with Crippen molar-refractivity contribution in [1.82, 2.24) is 5.32 Å². The van der Waals surface area contributed by atoms with Crippen LogP contribution in [-0.2, 0) is 4.79 Å². The number of allylic oxidation sites excluding steroid dienone is 3. The Morgan fingerprint density at radius 3 is 2.42 bits per heavy atom. The Labute approximate surface area is 141 Å². The van der Waals surface area contributed by atoms with Crippen LogP contribution in [0.1, 0.15) is 22.8 Å². The molecule has 0 aromatic heterocycles. The lowest BCUT2D eigenvalue weighted by Crippen LogP contribution is -2.30. The van der Waals surface area contributed by atoms with E-state index < -0.39 is 0 Å². The normalized spacial score (nSPS) is 11.3. The second-order valence-corrected chi connectivity index (χ2v) is 5.25. The first-order valence-electron chi connectivity index (χ1n) is 7.67. The number of benzene rings is 2. The van der Waals surface area contributed by atoms with Crippen molar-refractivity contribution in [3.05, 3.63) is 89.6 Å². The van der Waals surface area contributed by atoms with E-state index in [1.165, 1.54) is 0 Å². The van der Waals surface area contributed by atoms with Gasteiger partial charge in [0.2, 0.25) is 0 Å². The maximum atomic E-state index is 12.5. The summed E-state index contributed by atoms with van der Waals surface area (Å²) in [6.45, 7) is 3.79. The van der Waals surface area contributed by atoms with Crippen molar-refractivity contribution in [2.24, 2.45) is 0 Å². The summed E-state index contributed by atoms with van der Waals surface area (Å²) in [7, 11) is 0. The lowest BCUT2D eigenvalue weighted by Gasteiger charge is -2.11. The van der Waals surface area contributed by atoms with Gasteiger partial charge < -0.3 is 10.6 Å². The highest BCUT2D eigenvalue weighted by Gasteiger charge is 2.14. The van der Waals surface area contributed by atoms with Crippen molar-refractivity contribution >= 4 is 17.5 Å². The number of aryl methyl sites for hydroxylation is 1. The van der Waals surface area contributed by atoms with Gasteiger partial charge in [-0.1, -0.05) is 42.5 Å². The molecule has 0 heterocycles. The average Bonchev–Trinajstić information content (AvgIpc) is 2.59. The number of rotatable bonds is 5. The molecule has 24 heavy (non-hydrogen) atoms. The minimum Gasteiger partial charge on any atom is -0.321 e. The molecule has 2 rings (SSSR count). The summed E-state index contributed by atoms with van der Waals surface area (Å²) in [5.41, 5.74) is 2.40. The van der Waals surface area contributed by atoms with Crippen molar-refractivity contribution in [3.63, 3.8) is 0 Å². The molecule has 2 N–H and O–H groups in total. The quantitative estimate of drug-likeness (QED) is 0.650. The average molecular weight is 320 g/mol. The predicted octanol–water partition coefficient (Wildman–Crippen LogP) is 3.82. The largest absolute Gasteiger partial charge is 0.321 e. The van der Waals surface area contributed by atoms with Crippen molar-refractivity contribution in [1.29, 1.82) is 0 Å². The Balaban J connectivity index is 2.16. The summed E-state index contributed by atoms with van der Waals surface area (Å²) in [5.74, 6) is -0.700. The molecule has 4 nitrogen and oxygen atoms in total. The molecular weight excluding hydrogens is 300 g/mol. The van der Waals surface area contributed by atoms with E-state index in [0.29, 0.717) is 11.3 Å². The monoisotopic (exact) mass is 320 g/mol. The zero-order chi connectivity index (χ0) is 17.4. The van der Waals surface area contributed by atoms with Gasteiger partial charge in [-0.25, -0.2) is 0 Å². The third-order valence-corrected chi connectivity index (χ3v) is 3.26. The van der Waals surface area contributed by atoms with E-state index in [4.69, 9.17) is 0 Å². The molecular formula is C20H20N2O2. The lowest BCUT2D eigenvalue weighted by molar-refractivity contribution is -0.113. The Bertz CT molecular complexity index is 777. The minimum absolute atomic E-state index is 0.184. The molecule has 0 saturated heterocycles. The Hall–Kier alpha value is -3.14. The van der Waals surface area contributed by atoms with Crippen LogP contribution < -0.4 is 10.6 Å². The fraction of sp³-hybridized carbons (Fsp3) is 0.100. The highest BCUT2D eigenvalue weighted by atomic mass is 16.2. The molecule has 0 bridgehead atoms. The third kappa shape index (κ3) is 4.95. The second kappa shape index (κ2) is 8.48. The van der Waals surface area contributed by atoms with Gasteiger partial charge in [-0.2, -0.15) is 0 Å². The van der Waals surface area contributed by atoms with E-state index in [-0.39, 0.29) is 17.5 Å². The number of amides is 2. The molecule has 2 amide bonds. The molecule has 2 aromatic carbocycles. The second-order valence-electron chi connectivity index (χ2n) is 5.25. The smallest absolute Gasteiger partial charge is 0.272 e. The van der Waals surface area contributed by atoms with Gasteiger partial charge in [0.15, 0.2) is 0 Å². The first kappa shape index (κ1) is 17.2. The molecule has 0 radical (unpaired) electrons. The van der Waals surface area contributed by atoms with Crippen LogP contribution in [0.2, 0.25) is 0 Å². The molecule has 2 aromatic rings. The standard InChI is InChI=1S/C20H20N2O2/c1-3-4-13-18(22-19(23)16-10-6-5-7-11-16)20(24)21-17-12-8-9-15(2)14-17/h3-14H,1-2H3,(H,21,24)(H,22,23)/b4-3+,18-13-. The number of anilines is 1. The van der Waals surface area contributed by atoms with E-state index in [9.17, 15) is 9.59 Å². The molecule has 0 spiro atoms. The van der Waals surface area contributed by atoms with Crippen LogP contribution in [0, 0.1) is 6.92 Å². The van der Waals surface area contributed by atoms with Gasteiger partial charge in [-0.3, -0.25) is 9.59 Å². The lowest BCUT2D eigenvalue weighted by atomic mass is 10.2. The molecule has 0 atom stereocenters. The van der Waals surface area contributed by atoms with Gasteiger partial charge >= 0.3 is 0 Å². The van der Waals surface area contributed by atoms with Crippen LogP contribution in [0.4, 0.5) is 5.69 Å². The first-order valence-corrected chi connectivity index (χ1v) is 7.67. The molecule has 122 valence electrons. The van der Waals surface area contributed by atoms with Gasteiger partial charge in [0.25, 0.3) is 11.8 Å². The van der Waals surface area contributed by atoms with Crippen LogP contribution in [0.15, 0.2) is 78.5 Å². The van der Waals surface area contributed by atoms with E-state index in [1.807, 2.05) is 38.1 Å². The number of carbonyl (C=O) groups excluding carboxylic acids is 2. The van der Waals surface area contributed by atoms with Gasteiger partial charge in [0, 0.05) is 11.3 Å². The third-order valence-electron chi connectivity index (χ3n) is 3.26. The van der Waals surface area contributed by atoms with Gasteiger partial charge in [0.05, 0.1) is 0 Å². The van der Waals surface area contributed by atoms with E-state index in [0.717, 1.165) is 5.56 Å². The Kier molecular flexibility index (Phi) is 6.08. The van der Waals surface area contributed by atoms with Gasteiger partial charge in [0.1, 0.15) is 5.70 Å². The van der Waals surface area contributed by atoms with Crippen molar-refractivity contribution in [2.45, 2.75) is 13.8 Å². The summed E-state index contributed by atoms with van der Waals surface area (Å²) in [6.07, 6.45) is 5.07. The summed E-state index contributed by atoms with van der Waals surface area (Å²) in [5, 5.41) is 5.45. The molecule has 4 heteroatoms. The summed E-state index contributed by atoms with van der Waals surface area (Å²) in [4.78, 5) is 24.7.